The number of para-hydroxylation sites is 1. The van der Waals surface area contributed by atoms with Crippen molar-refractivity contribution in [1.29, 1.82) is 0 Å². The minimum atomic E-state index is -0.628. The number of carbonyl (C=O) groups is 2. The Hall–Kier alpha value is -3.29. The maximum atomic E-state index is 13.0. The summed E-state index contributed by atoms with van der Waals surface area (Å²) in [7, 11) is 0. The molecule has 7 nitrogen and oxygen atoms in total. The van der Waals surface area contributed by atoms with Gasteiger partial charge in [0.05, 0.1) is 18.7 Å². The monoisotopic (exact) mass is 430 g/mol. The van der Waals surface area contributed by atoms with Gasteiger partial charge in [-0.3, -0.25) is 19.5 Å². The highest BCUT2D eigenvalue weighted by Gasteiger charge is 2.43. The molecule has 7 heteroatoms. The Balaban J connectivity index is 1.21. The fourth-order valence-electron chi connectivity index (χ4n) is 4.52. The lowest BCUT2D eigenvalue weighted by molar-refractivity contribution is -0.155. The van der Waals surface area contributed by atoms with Crippen LogP contribution in [0.3, 0.4) is 0 Å². The van der Waals surface area contributed by atoms with Crippen molar-refractivity contribution in [3.05, 3.63) is 78.0 Å². The Morgan fingerprint density at radius 2 is 1.84 bits per heavy atom. The number of nitrogens with one attached hydrogen (secondary N) is 1. The van der Waals surface area contributed by atoms with Crippen LogP contribution in [0.25, 0.3) is 10.9 Å². The Bertz CT molecular complexity index is 1120. The standard InChI is InChI=1S/C25H26N4O3/c30-24-22-15-28(14-20-9-4-8-19-10-5-11-26-23(19)20)12-13-29(22)25(31)21(27-24)17-32-16-18-6-2-1-3-7-18/h1-11,21-22H,12-17H2,(H,27,30)/t21-,22+/m0/s1. The molecule has 5 rings (SSSR count). The second kappa shape index (κ2) is 9.06. The number of piperazine rings is 2. The number of benzene rings is 2. The van der Waals surface area contributed by atoms with Gasteiger partial charge in [0, 0.05) is 37.8 Å². The largest absolute Gasteiger partial charge is 0.374 e. The van der Waals surface area contributed by atoms with E-state index in [0.717, 1.165) is 28.6 Å². The van der Waals surface area contributed by atoms with Gasteiger partial charge in [-0.1, -0.05) is 54.6 Å². The van der Waals surface area contributed by atoms with Crippen LogP contribution in [0.5, 0.6) is 0 Å². The van der Waals surface area contributed by atoms with Crippen molar-refractivity contribution in [2.24, 2.45) is 0 Å². The van der Waals surface area contributed by atoms with Crippen molar-refractivity contribution in [2.45, 2.75) is 25.2 Å². The van der Waals surface area contributed by atoms with Crippen molar-refractivity contribution in [2.75, 3.05) is 26.2 Å². The highest BCUT2D eigenvalue weighted by molar-refractivity contribution is 5.97. The zero-order chi connectivity index (χ0) is 21.9. The number of nitrogens with zero attached hydrogens (tertiary/aromatic N) is 3. The molecule has 0 bridgehead atoms. The summed E-state index contributed by atoms with van der Waals surface area (Å²) in [6, 6.07) is 18.8. The Kier molecular flexibility index (Phi) is 5.83. The van der Waals surface area contributed by atoms with Crippen LogP contribution in [-0.4, -0.2) is 64.9 Å². The molecule has 164 valence electrons. The summed E-state index contributed by atoms with van der Waals surface area (Å²) in [6.45, 7) is 3.05. The number of rotatable bonds is 6. The maximum Gasteiger partial charge on any atom is 0.248 e. The Morgan fingerprint density at radius 3 is 2.72 bits per heavy atom. The van der Waals surface area contributed by atoms with E-state index in [0.29, 0.717) is 26.2 Å². The molecule has 2 aromatic carbocycles. The van der Waals surface area contributed by atoms with Crippen LogP contribution >= 0.6 is 0 Å². The van der Waals surface area contributed by atoms with Gasteiger partial charge in [-0.25, -0.2) is 0 Å². The predicted molar refractivity (Wildman–Crippen MR) is 121 cm³/mol. The van der Waals surface area contributed by atoms with E-state index in [2.05, 4.69) is 33.4 Å². The molecular weight excluding hydrogens is 404 g/mol. The lowest BCUT2D eigenvalue weighted by atomic mass is 10.0. The molecule has 2 aliphatic rings. The second-order valence-corrected chi connectivity index (χ2v) is 8.34. The van der Waals surface area contributed by atoms with Gasteiger partial charge in [-0.15, -0.1) is 0 Å². The number of fused-ring (bicyclic) bond motifs is 2. The third-order valence-electron chi connectivity index (χ3n) is 6.17. The van der Waals surface area contributed by atoms with E-state index in [4.69, 9.17) is 4.74 Å². The van der Waals surface area contributed by atoms with Crippen LogP contribution in [0.1, 0.15) is 11.1 Å². The average molecular weight is 431 g/mol. The first-order valence-electron chi connectivity index (χ1n) is 11.0. The highest BCUT2D eigenvalue weighted by Crippen LogP contribution is 2.22. The molecule has 3 aromatic rings. The number of hydrogen-bond donors (Lipinski definition) is 1. The van der Waals surface area contributed by atoms with Crippen LogP contribution < -0.4 is 5.32 Å². The molecule has 2 aliphatic heterocycles. The van der Waals surface area contributed by atoms with Crippen LogP contribution in [0.4, 0.5) is 0 Å². The summed E-state index contributed by atoms with van der Waals surface area (Å²) in [4.78, 5) is 34.3. The van der Waals surface area contributed by atoms with Crippen LogP contribution in [0, 0.1) is 0 Å². The highest BCUT2D eigenvalue weighted by atomic mass is 16.5. The van der Waals surface area contributed by atoms with Crippen molar-refractivity contribution in [1.82, 2.24) is 20.1 Å². The molecule has 1 aromatic heterocycles. The third kappa shape index (κ3) is 4.22. The van der Waals surface area contributed by atoms with Crippen LogP contribution in [-0.2, 0) is 27.5 Å². The van der Waals surface area contributed by atoms with Crippen molar-refractivity contribution < 1.29 is 14.3 Å². The molecule has 0 saturated carbocycles. The van der Waals surface area contributed by atoms with Crippen LogP contribution in [0.2, 0.25) is 0 Å². The van der Waals surface area contributed by atoms with E-state index in [-0.39, 0.29) is 18.4 Å². The molecule has 3 heterocycles. The van der Waals surface area contributed by atoms with E-state index in [1.807, 2.05) is 42.5 Å². The minimum absolute atomic E-state index is 0.0610. The van der Waals surface area contributed by atoms with Crippen LogP contribution in [0.15, 0.2) is 66.9 Å². The van der Waals surface area contributed by atoms with Gasteiger partial charge in [0.15, 0.2) is 0 Å². The van der Waals surface area contributed by atoms with Gasteiger partial charge in [-0.2, -0.15) is 0 Å². The summed E-state index contributed by atoms with van der Waals surface area (Å²) >= 11 is 0. The fourth-order valence-corrected chi connectivity index (χ4v) is 4.52. The smallest absolute Gasteiger partial charge is 0.248 e. The molecule has 2 fully saturated rings. The van der Waals surface area contributed by atoms with Crippen molar-refractivity contribution in [3.63, 3.8) is 0 Å². The number of aromatic nitrogens is 1. The second-order valence-electron chi connectivity index (χ2n) is 8.34. The van der Waals surface area contributed by atoms with E-state index < -0.39 is 12.1 Å². The first-order valence-corrected chi connectivity index (χ1v) is 11.0. The number of ether oxygens (including phenoxy) is 1. The molecule has 0 spiro atoms. The van der Waals surface area contributed by atoms with Gasteiger partial charge < -0.3 is 15.0 Å². The summed E-state index contributed by atoms with van der Waals surface area (Å²) < 4.78 is 5.72. The lowest BCUT2D eigenvalue weighted by Crippen LogP contribution is -2.69. The molecule has 0 aliphatic carbocycles. The molecule has 1 N–H and O–H groups in total. The molecule has 2 amide bonds. The number of amides is 2. The molecular formula is C25H26N4O3. The normalized spacial score (nSPS) is 21.4. The Labute approximate surface area is 187 Å². The summed E-state index contributed by atoms with van der Waals surface area (Å²) in [5, 5.41) is 3.98. The van der Waals surface area contributed by atoms with Gasteiger partial charge in [0.1, 0.15) is 12.1 Å². The summed E-state index contributed by atoms with van der Waals surface area (Å²) in [6.07, 6.45) is 1.80. The third-order valence-corrected chi connectivity index (χ3v) is 6.17. The lowest BCUT2D eigenvalue weighted by Gasteiger charge is -2.45. The molecule has 32 heavy (non-hydrogen) atoms. The first-order chi connectivity index (χ1) is 15.7. The average Bonchev–Trinajstić information content (AvgIpc) is 2.83. The molecule has 2 saturated heterocycles. The minimum Gasteiger partial charge on any atom is -0.374 e. The maximum absolute atomic E-state index is 13.0. The number of carbonyl (C=O) groups excluding carboxylic acids is 2. The van der Waals surface area contributed by atoms with Gasteiger partial charge in [0.2, 0.25) is 11.8 Å². The van der Waals surface area contributed by atoms with E-state index in [1.165, 1.54) is 0 Å². The number of hydrogen-bond acceptors (Lipinski definition) is 5. The van der Waals surface area contributed by atoms with Gasteiger partial charge in [-0.05, 0) is 17.2 Å². The summed E-state index contributed by atoms with van der Waals surface area (Å²) in [5.41, 5.74) is 3.15. The molecule has 2 atom stereocenters. The zero-order valence-electron chi connectivity index (χ0n) is 17.8. The van der Waals surface area contributed by atoms with Gasteiger partial charge >= 0.3 is 0 Å². The summed E-state index contributed by atoms with van der Waals surface area (Å²) in [5.74, 6) is -0.173. The van der Waals surface area contributed by atoms with E-state index >= 15 is 0 Å². The fraction of sp³-hybridized carbons (Fsp3) is 0.320. The zero-order valence-corrected chi connectivity index (χ0v) is 17.8. The van der Waals surface area contributed by atoms with Crippen molar-refractivity contribution >= 4 is 22.7 Å². The first kappa shape index (κ1) is 20.6. The molecule has 0 unspecified atom stereocenters. The van der Waals surface area contributed by atoms with E-state index in [9.17, 15) is 9.59 Å². The van der Waals surface area contributed by atoms with E-state index in [1.54, 1.807) is 11.1 Å². The topological polar surface area (TPSA) is 74.8 Å². The van der Waals surface area contributed by atoms with Crippen molar-refractivity contribution in [3.8, 4) is 0 Å². The molecule has 0 radical (unpaired) electrons. The van der Waals surface area contributed by atoms with Gasteiger partial charge in [0.25, 0.3) is 0 Å². The SMILES string of the molecule is O=C1N[C@@H](COCc2ccccc2)C(=O)N2CCN(Cc3cccc4cccnc34)C[C@H]12. The number of pyridine rings is 1. The Morgan fingerprint density at radius 1 is 1.00 bits per heavy atom. The predicted octanol–water partition coefficient (Wildman–Crippen LogP) is 1.96. The quantitative estimate of drug-likeness (QED) is 0.647.